The van der Waals surface area contributed by atoms with Crippen LogP contribution in [0.3, 0.4) is 0 Å². The van der Waals surface area contributed by atoms with Crippen molar-refractivity contribution in [2.75, 3.05) is 91.6 Å². The van der Waals surface area contributed by atoms with Gasteiger partial charge >= 0.3 is 53.8 Å². The molecule has 1 aromatic carbocycles. The molecular formula is C64H104FN11O22Si. The molecule has 2 rings (SSSR count). The van der Waals surface area contributed by atoms with Crippen LogP contribution in [-0.4, -0.2) is 274 Å². The second kappa shape index (κ2) is 43.9. The first kappa shape index (κ1) is 86.7. The number of unbranched alkanes of at least 4 members (excludes halogenated alkanes) is 5. The summed E-state index contributed by atoms with van der Waals surface area (Å²) >= 11 is 0. The van der Waals surface area contributed by atoms with Gasteiger partial charge in [0.1, 0.15) is 30.2 Å². The smallest absolute Gasteiger partial charge is 0.326 e. The number of amides is 7. The molecule has 1 heterocycles. The largest absolute Gasteiger partial charge is 0.481 e. The molecule has 7 amide bonds. The Balaban J connectivity index is 2.08. The van der Waals surface area contributed by atoms with E-state index in [1.54, 1.807) is 0 Å². The Morgan fingerprint density at radius 1 is 0.424 bits per heavy atom. The Morgan fingerprint density at radius 2 is 0.828 bits per heavy atom. The molecule has 0 radical (unpaired) electrons. The van der Waals surface area contributed by atoms with E-state index >= 15 is 4.11 Å². The molecule has 0 bridgehead atoms. The highest BCUT2D eigenvalue weighted by atomic mass is 28.4. The zero-order valence-corrected chi connectivity index (χ0v) is 58.6. The Labute approximate surface area is 576 Å². The number of carbonyl (C=O) groups is 14. The average Bonchev–Trinajstić information content (AvgIpc) is 0.749. The molecule has 558 valence electrons. The van der Waals surface area contributed by atoms with Gasteiger partial charge in [-0.1, -0.05) is 66.5 Å². The molecule has 1 fully saturated rings. The molecule has 33 nitrogen and oxygen atoms in total. The van der Waals surface area contributed by atoms with Crippen molar-refractivity contribution in [1.29, 1.82) is 0 Å². The zero-order chi connectivity index (χ0) is 74.6. The number of nitrogens with zero attached hydrogens (tertiary/aromatic N) is 4. The zero-order valence-electron chi connectivity index (χ0n) is 57.6. The van der Waals surface area contributed by atoms with Crippen LogP contribution >= 0.6 is 0 Å². The lowest BCUT2D eigenvalue weighted by Gasteiger charge is -2.44. The molecule has 1 aliphatic heterocycles. The van der Waals surface area contributed by atoms with E-state index in [4.69, 9.17) is 5.11 Å². The summed E-state index contributed by atoms with van der Waals surface area (Å²) < 4.78 is 17.1. The maximum absolute atomic E-state index is 17.1. The standard InChI is InChI=1S/C64H104FN11O22Si/c1-63(2,3)99(65,64(4,5)6)43-24-22-42(23-25-43)56(88)68-38-47(69-51(79)27-26-48(61(96)97)76-36-34-74(40-54(84)85)32-30-73(39-53(82)83)31-33-75(35-37-76)41-55(86)87)57(89)70-44(58(90)91)16-11-13-28-66-49(77)19-9-7-8-10-20-50(78)67-29-14-12-17-45(59(92)93)71-62(98)72-46(60(94)95)18-15-21-52(80)81/h22-25,44-48H,7-21,26-41H2,1-6H3,(H,66,77)(H,67,78)(H,68,88)(H,69,79)(H,70,89)(H,80,81)(H,82,83)(H,84,85)(H,86,87)(H,90,91)(H,92,93)(H,94,95)(H,96,97)(H2,71,72,98)/t44-,45+,46+,47-,48+/m1/s1. The summed E-state index contributed by atoms with van der Waals surface area (Å²) in [6.45, 7) is 9.36. The van der Waals surface area contributed by atoms with Crippen LogP contribution in [0.1, 0.15) is 161 Å². The van der Waals surface area contributed by atoms with Crippen molar-refractivity contribution < 1.29 is 112 Å². The van der Waals surface area contributed by atoms with E-state index < -0.39 is 159 Å². The van der Waals surface area contributed by atoms with Gasteiger partial charge in [-0.05, 0) is 98.0 Å². The van der Waals surface area contributed by atoms with Gasteiger partial charge in [-0.25, -0.2) is 19.2 Å². The highest BCUT2D eigenvalue weighted by Gasteiger charge is 2.56. The molecule has 35 heteroatoms. The molecule has 0 aliphatic carbocycles. The minimum Gasteiger partial charge on any atom is -0.481 e. The predicted octanol–water partition coefficient (Wildman–Crippen LogP) is 1.28. The van der Waals surface area contributed by atoms with Gasteiger partial charge in [-0.15, -0.1) is 0 Å². The number of aliphatic carboxylic acids is 8. The Bertz CT molecular complexity index is 2830. The van der Waals surface area contributed by atoms with Gasteiger partial charge < -0.3 is 82.2 Å². The maximum Gasteiger partial charge on any atom is 0.326 e. The monoisotopic (exact) mass is 1430 g/mol. The number of carboxylic acid groups (broad SMARTS) is 8. The average molecular weight is 1430 g/mol. The second-order valence-electron chi connectivity index (χ2n) is 26.7. The number of hydrogen-bond donors (Lipinski definition) is 15. The third-order valence-corrected chi connectivity index (χ3v) is 22.1. The van der Waals surface area contributed by atoms with E-state index in [1.807, 2.05) is 41.5 Å². The molecule has 0 spiro atoms. The first-order valence-electron chi connectivity index (χ1n) is 33.3. The van der Waals surface area contributed by atoms with Gasteiger partial charge in [0, 0.05) is 103 Å². The number of carboxylic acids is 8. The predicted molar refractivity (Wildman–Crippen MR) is 358 cm³/mol. The van der Waals surface area contributed by atoms with Crippen LogP contribution in [0.4, 0.5) is 8.90 Å². The van der Waals surface area contributed by atoms with Crippen molar-refractivity contribution in [3.05, 3.63) is 29.8 Å². The Kier molecular flexibility index (Phi) is 38.4. The van der Waals surface area contributed by atoms with Crippen LogP contribution in [0.25, 0.3) is 0 Å². The van der Waals surface area contributed by atoms with Gasteiger partial charge in [-0.2, -0.15) is 0 Å². The number of benzene rings is 1. The Hall–Kier alpha value is -8.41. The van der Waals surface area contributed by atoms with Gasteiger partial charge in [0.2, 0.25) is 23.6 Å². The summed E-state index contributed by atoms with van der Waals surface area (Å²) in [5.41, 5.74) is 0.0724. The topological polar surface area (TPSA) is 498 Å². The number of rotatable bonds is 44. The summed E-state index contributed by atoms with van der Waals surface area (Å²) in [7, 11) is -3.74. The van der Waals surface area contributed by atoms with Crippen LogP contribution in [0, 0.1) is 0 Å². The fourth-order valence-electron chi connectivity index (χ4n) is 11.6. The molecule has 1 saturated heterocycles. The van der Waals surface area contributed by atoms with Crippen molar-refractivity contribution in [2.45, 2.75) is 191 Å². The lowest BCUT2D eigenvalue weighted by atomic mass is 10.1. The normalized spacial score (nSPS) is 15.5. The quantitative estimate of drug-likeness (QED) is 0.0248. The summed E-state index contributed by atoms with van der Waals surface area (Å²) in [6.07, 6.45) is 2.12. The summed E-state index contributed by atoms with van der Waals surface area (Å²) in [5.74, 6) is -13.5. The van der Waals surface area contributed by atoms with E-state index in [9.17, 15) is 103 Å². The number of nitrogens with one attached hydrogen (secondary N) is 7. The third kappa shape index (κ3) is 33.8. The molecule has 99 heavy (non-hydrogen) atoms. The van der Waals surface area contributed by atoms with E-state index in [0.717, 1.165) is 0 Å². The first-order chi connectivity index (χ1) is 46.3. The maximum atomic E-state index is 17.1. The van der Waals surface area contributed by atoms with E-state index in [-0.39, 0.29) is 147 Å². The number of carbonyl (C=O) groups excluding carboxylic acids is 6. The molecule has 0 saturated carbocycles. The van der Waals surface area contributed by atoms with Crippen LogP contribution < -0.4 is 42.4 Å². The number of urea groups is 1. The van der Waals surface area contributed by atoms with Crippen LogP contribution in [0.15, 0.2) is 24.3 Å². The molecular weight excluding hydrogens is 1320 g/mol. The summed E-state index contributed by atoms with van der Waals surface area (Å²) in [5, 5.41) is 93.6. The van der Waals surface area contributed by atoms with Crippen molar-refractivity contribution in [3.8, 4) is 0 Å². The molecule has 0 unspecified atom stereocenters. The van der Waals surface area contributed by atoms with Crippen molar-refractivity contribution in [3.63, 3.8) is 0 Å². The van der Waals surface area contributed by atoms with Crippen molar-refractivity contribution in [1.82, 2.24) is 56.8 Å². The van der Waals surface area contributed by atoms with Crippen molar-refractivity contribution >= 4 is 96.9 Å². The van der Waals surface area contributed by atoms with Gasteiger partial charge in [0.25, 0.3) is 14.3 Å². The molecule has 1 aromatic rings. The molecule has 1 aliphatic rings. The number of halogens is 1. The minimum absolute atomic E-state index is 0.0218. The van der Waals surface area contributed by atoms with Gasteiger partial charge in [0.15, 0.2) is 0 Å². The fourth-order valence-corrected chi connectivity index (χ4v) is 16.2. The third-order valence-electron chi connectivity index (χ3n) is 16.8. The van der Waals surface area contributed by atoms with Gasteiger partial charge in [-0.3, -0.25) is 67.5 Å². The van der Waals surface area contributed by atoms with E-state index in [2.05, 4.69) is 37.2 Å². The van der Waals surface area contributed by atoms with Gasteiger partial charge in [0.05, 0.1) is 19.6 Å². The van der Waals surface area contributed by atoms with Crippen LogP contribution in [-0.2, 0) is 57.5 Å². The second-order valence-corrected chi connectivity index (χ2v) is 31.6. The minimum atomic E-state index is -3.74. The fraction of sp³-hybridized carbons (Fsp3) is 0.688. The molecule has 15 N–H and O–H groups in total. The van der Waals surface area contributed by atoms with E-state index in [1.165, 1.54) is 43.9 Å². The summed E-state index contributed by atoms with van der Waals surface area (Å²) in [6, 6.07) is -2.49. The summed E-state index contributed by atoms with van der Waals surface area (Å²) in [4.78, 5) is 180. The SMILES string of the molecule is CC(C)(C)[Si](F)(c1ccc(C(=O)NC[C@@H](NC(=O)CC[C@@H](C(=O)O)N2CCN(CC(=O)O)CCN(CC(=O)O)CCN(CC(=O)O)CC2)C(=O)N[C@H](CCCCNC(=O)CCCCCCC(=O)NCCCC[C@H](NC(=O)N[C@@H](CCCC(=O)O)C(=O)O)C(=O)O)C(=O)O)cc1)C(C)(C)C. The lowest BCUT2D eigenvalue weighted by molar-refractivity contribution is -0.145. The van der Waals surface area contributed by atoms with Crippen LogP contribution in [0.2, 0.25) is 10.1 Å². The molecule has 0 aromatic heterocycles. The molecule has 5 atom stereocenters. The highest BCUT2D eigenvalue weighted by Crippen LogP contribution is 2.51. The van der Waals surface area contributed by atoms with Crippen molar-refractivity contribution in [2.24, 2.45) is 0 Å². The highest BCUT2D eigenvalue weighted by molar-refractivity contribution is 6.90. The lowest BCUT2D eigenvalue weighted by Crippen LogP contribution is -2.58. The Morgan fingerprint density at radius 3 is 1.21 bits per heavy atom. The first-order valence-corrected chi connectivity index (χ1v) is 35.2. The van der Waals surface area contributed by atoms with Crippen LogP contribution in [0.5, 0.6) is 0 Å². The van der Waals surface area contributed by atoms with E-state index in [0.29, 0.717) is 37.3 Å². The number of hydrogen-bond acceptors (Lipinski definition) is 18.